The average molecular weight is 244 g/mol. The van der Waals surface area contributed by atoms with Gasteiger partial charge < -0.3 is 5.32 Å². The number of hydrogen-bond acceptors (Lipinski definition) is 1. The molecule has 0 saturated carbocycles. The molecule has 0 aromatic heterocycles. The van der Waals surface area contributed by atoms with E-state index in [0.717, 1.165) is 16.6 Å². The zero-order chi connectivity index (χ0) is 9.68. The van der Waals surface area contributed by atoms with Gasteiger partial charge in [0, 0.05) is 11.0 Å². The zero-order valence-corrected chi connectivity index (χ0v) is 8.94. The summed E-state index contributed by atoms with van der Waals surface area (Å²) >= 11 is 3.34. The lowest BCUT2D eigenvalue weighted by atomic mass is 10.2. The van der Waals surface area contributed by atoms with E-state index in [0.29, 0.717) is 0 Å². The van der Waals surface area contributed by atoms with Crippen molar-refractivity contribution in [3.05, 3.63) is 40.1 Å². The molecule has 1 aromatic carbocycles. The average Bonchev–Trinajstić information content (AvgIpc) is 2.11. The first-order valence-electron chi connectivity index (χ1n) is 4.00. The fourth-order valence-corrected chi connectivity index (χ4v) is 1.32. The van der Waals surface area contributed by atoms with Gasteiger partial charge in [-0.25, -0.2) is 4.39 Å². The lowest BCUT2D eigenvalue weighted by molar-refractivity contribution is 0.627. The first kappa shape index (κ1) is 10.4. The Bertz CT molecular complexity index is 310. The van der Waals surface area contributed by atoms with E-state index in [1.807, 2.05) is 19.2 Å². The van der Waals surface area contributed by atoms with Gasteiger partial charge in [0.05, 0.1) is 0 Å². The summed E-state index contributed by atoms with van der Waals surface area (Å²) in [4.78, 5) is 0. The second kappa shape index (κ2) is 5.14. The monoisotopic (exact) mass is 243 g/mol. The summed E-state index contributed by atoms with van der Waals surface area (Å²) < 4.78 is 13.7. The van der Waals surface area contributed by atoms with Crippen LogP contribution in [0.25, 0.3) is 6.08 Å². The Labute approximate surface area is 85.8 Å². The van der Waals surface area contributed by atoms with Crippen molar-refractivity contribution in [1.29, 1.82) is 0 Å². The summed E-state index contributed by atoms with van der Waals surface area (Å²) in [6, 6.07) is 4.63. The van der Waals surface area contributed by atoms with Crippen LogP contribution >= 0.6 is 15.9 Å². The van der Waals surface area contributed by atoms with Gasteiger partial charge in [-0.3, -0.25) is 0 Å². The molecule has 0 aliphatic carbocycles. The largest absolute Gasteiger partial charge is 0.316 e. The van der Waals surface area contributed by atoms with Crippen molar-refractivity contribution in [2.45, 2.75) is 0 Å². The van der Waals surface area contributed by atoms with Gasteiger partial charge in [0.25, 0.3) is 0 Å². The maximum atomic E-state index is 12.8. The molecule has 1 nitrogen and oxygen atoms in total. The van der Waals surface area contributed by atoms with Crippen LogP contribution in [0.15, 0.2) is 28.7 Å². The minimum Gasteiger partial charge on any atom is -0.316 e. The molecule has 0 saturated heterocycles. The third-order valence-electron chi connectivity index (χ3n) is 1.58. The van der Waals surface area contributed by atoms with E-state index in [1.54, 1.807) is 6.07 Å². The number of rotatable bonds is 3. The van der Waals surface area contributed by atoms with Crippen LogP contribution in [0.1, 0.15) is 5.56 Å². The van der Waals surface area contributed by atoms with Crippen molar-refractivity contribution < 1.29 is 4.39 Å². The van der Waals surface area contributed by atoms with Crippen molar-refractivity contribution in [2.24, 2.45) is 0 Å². The molecule has 70 valence electrons. The molecule has 0 aliphatic heterocycles. The third kappa shape index (κ3) is 3.28. The standard InChI is InChI=1S/C10H11BrFN/c1-13-6-2-3-8-7-9(12)4-5-10(8)11/h2-5,7,13H,6H2,1H3. The molecule has 0 radical (unpaired) electrons. The minimum atomic E-state index is -0.215. The van der Waals surface area contributed by atoms with E-state index < -0.39 is 0 Å². The van der Waals surface area contributed by atoms with Gasteiger partial charge in [-0.05, 0) is 30.8 Å². The van der Waals surface area contributed by atoms with Crippen LogP contribution in [0.4, 0.5) is 4.39 Å². The number of likely N-dealkylation sites (N-methyl/N-ethyl adjacent to an activating group) is 1. The highest BCUT2D eigenvalue weighted by Gasteiger charge is 1.96. The summed E-state index contributed by atoms with van der Waals surface area (Å²) in [7, 11) is 1.87. The van der Waals surface area contributed by atoms with Gasteiger partial charge in [0.1, 0.15) is 5.82 Å². The van der Waals surface area contributed by atoms with Crippen molar-refractivity contribution in [2.75, 3.05) is 13.6 Å². The first-order chi connectivity index (χ1) is 6.24. The Kier molecular flexibility index (Phi) is 4.12. The molecular weight excluding hydrogens is 233 g/mol. The third-order valence-corrected chi connectivity index (χ3v) is 2.30. The van der Waals surface area contributed by atoms with Crippen LogP contribution in [0, 0.1) is 5.82 Å². The van der Waals surface area contributed by atoms with E-state index in [1.165, 1.54) is 12.1 Å². The Morgan fingerprint density at radius 2 is 2.31 bits per heavy atom. The maximum absolute atomic E-state index is 12.8. The molecule has 1 N–H and O–H groups in total. The van der Waals surface area contributed by atoms with Crippen molar-refractivity contribution in [3.63, 3.8) is 0 Å². The fourth-order valence-electron chi connectivity index (χ4n) is 0.946. The number of benzene rings is 1. The van der Waals surface area contributed by atoms with Crippen LogP contribution in [0.3, 0.4) is 0 Å². The zero-order valence-electron chi connectivity index (χ0n) is 7.35. The summed E-state index contributed by atoms with van der Waals surface area (Å²) in [5, 5.41) is 2.98. The maximum Gasteiger partial charge on any atom is 0.123 e. The first-order valence-corrected chi connectivity index (χ1v) is 4.79. The van der Waals surface area contributed by atoms with Crippen LogP contribution < -0.4 is 5.32 Å². The molecule has 3 heteroatoms. The Hall–Kier alpha value is -0.670. The number of halogens is 2. The molecule has 0 atom stereocenters. The van der Waals surface area contributed by atoms with E-state index in [4.69, 9.17) is 0 Å². The normalized spacial score (nSPS) is 11.0. The van der Waals surface area contributed by atoms with Crippen molar-refractivity contribution in [3.8, 4) is 0 Å². The molecule has 0 heterocycles. The van der Waals surface area contributed by atoms with Crippen LogP contribution in [0.5, 0.6) is 0 Å². The van der Waals surface area contributed by atoms with Gasteiger partial charge in [0.2, 0.25) is 0 Å². The summed E-state index contributed by atoms with van der Waals surface area (Å²) in [6.07, 6.45) is 3.82. The lowest BCUT2D eigenvalue weighted by Gasteiger charge is -1.98. The second-order valence-electron chi connectivity index (χ2n) is 2.63. The summed E-state index contributed by atoms with van der Waals surface area (Å²) in [6.45, 7) is 0.781. The Morgan fingerprint density at radius 3 is 3.00 bits per heavy atom. The molecular formula is C10H11BrFN. The molecule has 0 spiro atoms. The SMILES string of the molecule is CNCC=Cc1cc(F)ccc1Br. The van der Waals surface area contributed by atoms with Crippen molar-refractivity contribution >= 4 is 22.0 Å². The predicted molar refractivity (Wildman–Crippen MR) is 57.1 cm³/mol. The van der Waals surface area contributed by atoms with Crippen molar-refractivity contribution in [1.82, 2.24) is 5.32 Å². The minimum absolute atomic E-state index is 0.215. The lowest BCUT2D eigenvalue weighted by Crippen LogP contribution is -2.03. The molecule has 0 fully saturated rings. The molecule has 0 aliphatic rings. The smallest absolute Gasteiger partial charge is 0.123 e. The molecule has 13 heavy (non-hydrogen) atoms. The molecule has 0 unspecified atom stereocenters. The topological polar surface area (TPSA) is 12.0 Å². The van der Waals surface area contributed by atoms with Gasteiger partial charge in [-0.15, -0.1) is 0 Å². The summed E-state index contributed by atoms with van der Waals surface area (Å²) in [5.41, 5.74) is 0.857. The van der Waals surface area contributed by atoms with Gasteiger partial charge >= 0.3 is 0 Å². The number of hydrogen-bond donors (Lipinski definition) is 1. The van der Waals surface area contributed by atoms with E-state index >= 15 is 0 Å². The summed E-state index contributed by atoms with van der Waals surface area (Å²) in [5.74, 6) is -0.215. The van der Waals surface area contributed by atoms with Gasteiger partial charge in [0.15, 0.2) is 0 Å². The highest BCUT2D eigenvalue weighted by atomic mass is 79.9. The predicted octanol–water partition coefficient (Wildman–Crippen LogP) is 2.82. The number of nitrogens with one attached hydrogen (secondary N) is 1. The van der Waals surface area contributed by atoms with E-state index in [9.17, 15) is 4.39 Å². The fraction of sp³-hybridized carbons (Fsp3) is 0.200. The highest BCUT2D eigenvalue weighted by Crippen LogP contribution is 2.18. The molecule has 1 rings (SSSR count). The van der Waals surface area contributed by atoms with Crippen LogP contribution in [-0.4, -0.2) is 13.6 Å². The van der Waals surface area contributed by atoms with Gasteiger partial charge in [-0.2, -0.15) is 0 Å². The second-order valence-corrected chi connectivity index (χ2v) is 3.48. The van der Waals surface area contributed by atoms with E-state index in [-0.39, 0.29) is 5.82 Å². The Balaban J connectivity index is 2.81. The van der Waals surface area contributed by atoms with Crippen LogP contribution in [-0.2, 0) is 0 Å². The molecule has 0 amide bonds. The van der Waals surface area contributed by atoms with E-state index in [2.05, 4.69) is 21.2 Å². The van der Waals surface area contributed by atoms with Crippen LogP contribution in [0.2, 0.25) is 0 Å². The van der Waals surface area contributed by atoms with Gasteiger partial charge in [-0.1, -0.05) is 28.1 Å². The quantitative estimate of drug-likeness (QED) is 0.862. The Morgan fingerprint density at radius 1 is 1.54 bits per heavy atom. The molecule has 1 aromatic rings. The highest BCUT2D eigenvalue weighted by molar-refractivity contribution is 9.10. The molecule has 0 bridgehead atoms.